The van der Waals surface area contributed by atoms with Gasteiger partial charge in [0, 0.05) is 6.54 Å². The van der Waals surface area contributed by atoms with Gasteiger partial charge in [0.15, 0.2) is 5.82 Å². The van der Waals surface area contributed by atoms with Gasteiger partial charge in [0.2, 0.25) is 5.91 Å². The average molecular weight is 326 g/mol. The summed E-state index contributed by atoms with van der Waals surface area (Å²) in [6.45, 7) is 2.72. The number of thioether (sulfide) groups is 1. The third-order valence-corrected chi connectivity index (χ3v) is 3.87. The molecule has 0 saturated carbocycles. The molecule has 1 N–H and O–H groups in total. The molecule has 0 saturated heterocycles. The van der Waals surface area contributed by atoms with Crippen molar-refractivity contribution >= 4 is 29.3 Å². The number of amides is 1. The molecule has 0 radical (unpaired) electrons. The SMILES string of the molecule is CCCNC(=O)CSCc1noc(-c2ccccc2Cl)n1. The van der Waals surface area contributed by atoms with Gasteiger partial charge in [0.1, 0.15) is 0 Å². The number of benzene rings is 1. The van der Waals surface area contributed by atoms with E-state index in [9.17, 15) is 4.79 Å². The van der Waals surface area contributed by atoms with E-state index in [1.807, 2.05) is 25.1 Å². The van der Waals surface area contributed by atoms with E-state index in [2.05, 4.69) is 15.5 Å². The van der Waals surface area contributed by atoms with Gasteiger partial charge >= 0.3 is 0 Å². The van der Waals surface area contributed by atoms with Crippen LogP contribution in [0.15, 0.2) is 28.8 Å². The summed E-state index contributed by atoms with van der Waals surface area (Å²) in [5.74, 6) is 1.88. The van der Waals surface area contributed by atoms with E-state index in [0.717, 1.165) is 6.42 Å². The number of halogens is 1. The maximum atomic E-state index is 11.4. The number of nitrogens with one attached hydrogen (secondary N) is 1. The Kier molecular flexibility index (Phi) is 6.07. The van der Waals surface area contributed by atoms with Gasteiger partial charge in [0.05, 0.1) is 22.1 Å². The summed E-state index contributed by atoms with van der Waals surface area (Å²) in [5, 5.41) is 7.28. The molecule has 1 heterocycles. The van der Waals surface area contributed by atoms with Gasteiger partial charge in [-0.25, -0.2) is 0 Å². The van der Waals surface area contributed by atoms with Gasteiger partial charge < -0.3 is 9.84 Å². The summed E-state index contributed by atoms with van der Waals surface area (Å²) in [5.41, 5.74) is 0.712. The summed E-state index contributed by atoms with van der Waals surface area (Å²) < 4.78 is 5.19. The van der Waals surface area contributed by atoms with E-state index < -0.39 is 0 Å². The lowest BCUT2D eigenvalue weighted by Gasteiger charge is -2.01. The van der Waals surface area contributed by atoms with Crippen LogP contribution in [0.25, 0.3) is 11.5 Å². The van der Waals surface area contributed by atoms with Crippen LogP contribution in [0.3, 0.4) is 0 Å². The molecule has 1 aromatic carbocycles. The first-order valence-corrected chi connectivity index (χ1v) is 8.16. The van der Waals surface area contributed by atoms with Crippen molar-refractivity contribution < 1.29 is 9.32 Å². The summed E-state index contributed by atoms with van der Waals surface area (Å²) in [7, 11) is 0. The summed E-state index contributed by atoms with van der Waals surface area (Å²) in [6, 6.07) is 7.30. The summed E-state index contributed by atoms with van der Waals surface area (Å²) in [4.78, 5) is 15.7. The molecule has 2 rings (SSSR count). The van der Waals surface area contributed by atoms with Crippen LogP contribution in [0.1, 0.15) is 19.2 Å². The number of hydrogen-bond donors (Lipinski definition) is 1. The quantitative estimate of drug-likeness (QED) is 0.847. The van der Waals surface area contributed by atoms with Crippen LogP contribution in [0.5, 0.6) is 0 Å². The molecule has 0 unspecified atom stereocenters. The van der Waals surface area contributed by atoms with Crippen LogP contribution in [-0.2, 0) is 10.5 Å². The zero-order valence-electron chi connectivity index (χ0n) is 11.6. The van der Waals surface area contributed by atoms with E-state index in [1.165, 1.54) is 11.8 Å². The predicted molar refractivity (Wildman–Crippen MR) is 84.2 cm³/mol. The van der Waals surface area contributed by atoms with Crippen molar-refractivity contribution in [2.24, 2.45) is 0 Å². The fourth-order valence-corrected chi connectivity index (χ4v) is 2.51. The zero-order chi connectivity index (χ0) is 15.1. The highest BCUT2D eigenvalue weighted by atomic mass is 35.5. The molecule has 1 aromatic heterocycles. The number of nitrogens with zero attached hydrogens (tertiary/aromatic N) is 2. The topological polar surface area (TPSA) is 68.0 Å². The highest BCUT2D eigenvalue weighted by molar-refractivity contribution is 7.99. The van der Waals surface area contributed by atoms with Crippen molar-refractivity contribution in [1.82, 2.24) is 15.5 Å². The second-order valence-electron chi connectivity index (χ2n) is 4.34. The van der Waals surface area contributed by atoms with Crippen molar-refractivity contribution in [1.29, 1.82) is 0 Å². The van der Waals surface area contributed by atoms with E-state index in [-0.39, 0.29) is 5.91 Å². The van der Waals surface area contributed by atoms with Crippen LogP contribution in [0.2, 0.25) is 5.02 Å². The fourth-order valence-electron chi connectivity index (χ4n) is 1.61. The Bertz CT molecular complexity index is 603. The number of aromatic nitrogens is 2. The monoisotopic (exact) mass is 325 g/mol. The zero-order valence-corrected chi connectivity index (χ0v) is 13.2. The summed E-state index contributed by atoms with van der Waals surface area (Å²) >= 11 is 7.52. The molecular weight excluding hydrogens is 310 g/mol. The first kappa shape index (κ1) is 15.9. The minimum atomic E-state index is 0.0247. The van der Waals surface area contributed by atoms with Crippen LogP contribution in [-0.4, -0.2) is 28.3 Å². The standard InChI is InChI=1S/C14H16ClN3O2S/c1-2-7-16-13(19)9-21-8-12-17-14(20-18-12)10-5-3-4-6-11(10)15/h3-6H,2,7-9H2,1H3,(H,16,19). The van der Waals surface area contributed by atoms with Crippen LogP contribution >= 0.6 is 23.4 Å². The molecule has 0 atom stereocenters. The molecule has 0 aliphatic rings. The van der Waals surface area contributed by atoms with Crippen LogP contribution in [0.4, 0.5) is 0 Å². The minimum Gasteiger partial charge on any atom is -0.355 e. The molecule has 2 aromatic rings. The first-order chi connectivity index (χ1) is 10.2. The molecule has 0 aliphatic heterocycles. The Morgan fingerprint density at radius 3 is 3.00 bits per heavy atom. The van der Waals surface area contributed by atoms with E-state index in [1.54, 1.807) is 6.07 Å². The predicted octanol–water partition coefficient (Wildman–Crippen LogP) is 3.15. The molecule has 0 aliphatic carbocycles. The van der Waals surface area contributed by atoms with Crippen LogP contribution in [0, 0.1) is 0 Å². The summed E-state index contributed by atoms with van der Waals surface area (Å²) in [6.07, 6.45) is 0.933. The second-order valence-corrected chi connectivity index (χ2v) is 5.73. The highest BCUT2D eigenvalue weighted by Crippen LogP contribution is 2.26. The van der Waals surface area contributed by atoms with E-state index >= 15 is 0 Å². The third-order valence-electron chi connectivity index (χ3n) is 2.61. The fraction of sp³-hybridized carbons (Fsp3) is 0.357. The smallest absolute Gasteiger partial charge is 0.259 e. The van der Waals surface area contributed by atoms with Gasteiger partial charge in [-0.3, -0.25) is 4.79 Å². The Morgan fingerprint density at radius 1 is 1.43 bits per heavy atom. The van der Waals surface area contributed by atoms with Gasteiger partial charge in [-0.1, -0.05) is 35.8 Å². The molecule has 1 amide bonds. The van der Waals surface area contributed by atoms with Crippen molar-refractivity contribution in [3.05, 3.63) is 35.1 Å². The minimum absolute atomic E-state index is 0.0247. The Hall–Kier alpha value is -1.53. The Balaban J connectivity index is 1.87. The lowest BCUT2D eigenvalue weighted by Crippen LogP contribution is -2.25. The molecule has 0 bridgehead atoms. The number of hydrogen-bond acceptors (Lipinski definition) is 5. The largest absolute Gasteiger partial charge is 0.355 e. The van der Waals surface area contributed by atoms with Gasteiger partial charge in [-0.05, 0) is 18.6 Å². The molecule has 112 valence electrons. The van der Waals surface area contributed by atoms with Gasteiger partial charge in [0.25, 0.3) is 5.89 Å². The molecule has 5 nitrogen and oxygen atoms in total. The molecule has 21 heavy (non-hydrogen) atoms. The second kappa shape index (κ2) is 8.05. The lowest BCUT2D eigenvalue weighted by atomic mass is 10.2. The highest BCUT2D eigenvalue weighted by Gasteiger charge is 2.12. The van der Waals surface area contributed by atoms with E-state index in [4.69, 9.17) is 16.1 Å². The molecular formula is C14H16ClN3O2S. The van der Waals surface area contributed by atoms with Gasteiger partial charge in [-0.15, -0.1) is 11.8 Å². The first-order valence-electron chi connectivity index (χ1n) is 6.62. The Morgan fingerprint density at radius 2 is 2.24 bits per heavy atom. The van der Waals surface area contributed by atoms with E-state index in [0.29, 0.717) is 40.4 Å². The van der Waals surface area contributed by atoms with Crippen molar-refractivity contribution in [2.45, 2.75) is 19.1 Å². The molecule has 0 spiro atoms. The van der Waals surface area contributed by atoms with Crippen molar-refractivity contribution in [2.75, 3.05) is 12.3 Å². The number of carbonyl (C=O) groups is 1. The van der Waals surface area contributed by atoms with Crippen molar-refractivity contribution in [3.63, 3.8) is 0 Å². The van der Waals surface area contributed by atoms with Gasteiger partial charge in [-0.2, -0.15) is 4.98 Å². The normalized spacial score (nSPS) is 10.6. The third kappa shape index (κ3) is 4.75. The average Bonchev–Trinajstić information content (AvgIpc) is 2.94. The maximum absolute atomic E-state index is 11.4. The molecule has 7 heteroatoms. The lowest BCUT2D eigenvalue weighted by molar-refractivity contribution is -0.118. The molecule has 0 fully saturated rings. The number of rotatable bonds is 7. The van der Waals surface area contributed by atoms with Crippen molar-refractivity contribution in [3.8, 4) is 11.5 Å². The number of carbonyl (C=O) groups excluding carboxylic acids is 1. The Labute approximate surface area is 132 Å². The maximum Gasteiger partial charge on any atom is 0.259 e. The van der Waals surface area contributed by atoms with Crippen LogP contribution < -0.4 is 5.32 Å².